The van der Waals surface area contributed by atoms with Crippen molar-refractivity contribution < 1.29 is 19.4 Å². The molecule has 2 heterocycles. The fraction of sp³-hybridized carbons (Fsp3) is 0.217. The number of fused-ring (bicyclic) bond motifs is 1. The van der Waals surface area contributed by atoms with Crippen molar-refractivity contribution in [1.29, 1.82) is 0 Å². The molecule has 0 bridgehead atoms. The Morgan fingerprint density at radius 2 is 1.93 bits per heavy atom. The number of aliphatic hydroxyl groups excluding tert-OH is 1. The van der Waals surface area contributed by atoms with Crippen LogP contribution in [-0.4, -0.2) is 29.0 Å². The average Bonchev–Trinajstić information content (AvgIpc) is 3.20. The lowest BCUT2D eigenvalue weighted by atomic mass is 10.1. The van der Waals surface area contributed by atoms with E-state index in [4.69, 9.17) is 9.47 Å². The van der Waals surface area contributed by atoms with Crippen LogP contribution in [0.25, 0.3) is 0 Å². The minimum atomic E-state index is -0.470. The normalized spacial score (nSPS) is 12.1. The Labute approximate surface area is 173 Å². The molecule has 0 saturated heterocycles. The first-order valence-electron chi connectivity index (χ1n) is 9.65. The number of pyridine rings is 1. The summed E-state index contributed by atoms with van der Waals surface area (Å²) in [7, 11) is 0. The van der Waals surface area contributed by atoms with Crippen LogP contribution >= 0.6 is 0 Å². The Morgan fingerprint density at radius 3 is 2.77 bits per heavy atom. The molecular weight excluding hydrogens is 384 g/mol. The Morgan fingerprint density at radius 1 is 1.13 bits per heavy atom. The number of hydrogen-bond donors (Lipinski definition) is 2. The van der Waals surface area contributed by atoms with Crippen LogP contribution in [0.4, 0.5) is 5.69 Å². The van der Waals surface area contributed by atoms with Gasteiger partial charge in [0.25, 0.3) is 11.5 Å². The summed E-state index contributed by atoms with van der Waals surface area (Å²) >= 11 is 0. The predicted octanol–water partition coefficient (Wildman–Crippen LogP) is 2.72. The fourth-order valence-electron chi connectivity index (χ4n) is 3.47. The second-order valence-corrected chi connectivity index (χ2v) is 7.08. The Hall–Kier alpha value is -3.58. The van der Waals surface area contributed by atoms with E-state index in [1.807, 2.05) is 30.3 Å². The highest BCUT2D eigenvalue weighted by molar-refractivity contribution is 6.05. The Balaban J connectivity index is 1.61. The van der Waals surface area contributed by atoms with Crippen LogP contribution < -0.4 is 20.3 Å². The lowest BCUT2D eigenvalue weighted by molar-refractivity contribution is 0.102. The van der Waals surface area contributed by atoms with Crippen LogP contribution in [0.15, 0.2) is 59.5 Å². The highest BCUT2D eigenvalue weighted by atomic mass is 16.7. The summed E-state index contributed by atoms with van der Waals surface area (Å²) in [5.74, 6) is 0.852. The number of carbonyl (C=O) groups excluding carboxylic acids is 1. The number of carbonyl (C=O) groups is 1. The molecule has 3 aromatic rings. The third kappa shape index (κ3) is 3.92. The molecule has 2 N–H and O–H groups in total. The molecule has 1 aliphatic heterocycles. The maximum absolute atomic E-state index is 13.1. The third-order valence-corrected chi connectivity index (χ3v) is 5.04. The van der Waals surface area contributed by atoms with Gasteiger partial charge in [0.05, 0.1) is 6.54 Å². The number of amides is 1. The number of nitrogens with zero attached hydrogens (tertiary/aromatic N) is 1. The van der Waals surface area contributed by atoms with E-state index in [0.29, 0.717) is 35.7 Å². The van der Waals surface area contributed by atoms with E-state index in [2.05, 4.69) is 5.32 Å². The molecule has 0 spiro atoms. The van der Waals surface area contributed by atoms with Gasteiger partial charge in [-0.2, -0.15) is 0 Å². The van der Waals surface area contributed by atoms with Crippen LogP contribution in [0, 0.1) is 6.92 Å². The molecule has 1 aliphatic rings. The summed E-state index contributed by atoms with van der Waals surface area (Å²) in [6, 6.07) is 14.5. The zero-order valence-corrected chi connectivity index (χ0v) is 16.6. The van der Waals surface area contributed by atoms with Crippen molar-refractivity contribution in [2.24, 2.45) is 0 Å². The molecule has 4 rings (SSSR count). The molecule has 7 nitrogen and oxygen atoms in total. The monoisotopic (exact) mass is 406 g/mol. The van der Waals surface area contributed by atoms with Gasteiger partial charge in [0, 0.05) is 18.5 Å². The van der Waals surface area contributed by atoms with Gasteiger partial charge in [0.15, 0.2) is 11.5 Å². The average molecular weight is 406 g/mol. The molecule has 0 saturated carbocycles. The highest BCUT2D eigenvalue weighted by Gasteiger charge is 2.18. The van der Waals surface area contributed by atoms with Gasteiger partial charge < -0.3 is 24.5 Å². The second-order valence-electron chi connectivity index (χ2n) is 7.08. The number of aromatic nitrogens is 1. The van der Waals surface area contributed by atoms with Gasteiger partial charge in [-0.3, -0.25) is 9.59 Å². The van der Waals surface area contributed by atoms with Crippen LogP contribution in [0.1, 0.15) is 27.0 Å². The zero-order valence-electron chi connectivity index (χ0n) is 16.6. The summed E-state index contributed by atoms with van der Waals surface area (Å²) in [6.07, 6.45) is 2.09. The van der Waals surface area contributed by atoms with E-state index in [0.717, 1.165) is 11.1 Å². The second kappa shape index (κ2) is 8.42. The molecule has 0 atom stereocenters. The van der Waals surface area contributed by atoms with Gasteiger partial charge in [-0.25, -0.2) is 0 Å². The topological polar surface area (TPSA) is 89.8 Å². The predicted molar refractivity (Wildman–Crippen MR) is 112 cm³/mol. The van der Waals surface area contributed by atoms with Gasteiger partial charge in [-0.15, -0.1) is 0 Å². The SMILES string of the molecule is Cc1ccn(Cc2ccc3c(c2)OCO3)c(=O)c1C(=O)Nc1ccccc1CCO. The minimum absolute atomic E-state index is 0.0282. The van der Waals surface area contributed by atoms with E-state index >= 15 is 0 Å². The van der Waals surface area contributed by atoms with E-state index in [9.17, 15) is 14.7 Å². The number of anilines is 1. The Kier molecular flexibility index (Phi) is 5.54. The first-order valence-corrected chi connectivity index (χ1v) is 9.65. The number of aliphatic hydroxyl groups is 1. The van der Waals surface area contributed by atoms with Gasteiger partial charge in [0.2, 0.25) is 6.79 Å². The first-order chi connectivity index (χ1) is 14.6. The van der Waals surface area contributed by atoms with Crippen LogP contribution in [0.2, 0.25) is 0 Å². The van der Waals surface area contributed by atoms with Gasteiger partial charge in [0.1, 0.15) is 5.56 Å². The van der Waals surface area contributed by atoms with Crippen molar-refractivity contribution in [3.63, 3.8) is 0 Å². The van der Waals surface area contributed by atoms with E-state index in [1.54, 1.807) is 31.3 Å². The number of ether oxygens (including phenoxy) is 2. The standard InChI is InChI=1S/C23H22N2O5/c1-15-8-10-25(13-16-6-7-19-20(12-16)30-14-29-19)23(28)21(15)22(27)24-18-5-3-2-4-17(18)9-11-26/h2-8,10,12,26H,9,11,13-14H2,1H3,(H,24,27). The van der Waals surface area contributed by atoms with Crippen LogP contribution in [0.3, 0.4) is 0 Å². The Bertz CT molecular complexity index is 1150. The summed E-state index contributed by atoms with van der Waals surface area (Å²) < 4.78 is 12.2. The van der Waals surface area contributed by atoms with Crippen molar-refractivity contribution in [2.45, 2.75) is 19.9 Å². The number of nitrogens with one attached hydrogen (secondary N) is 1. The molecule has 154 valence electrons. The largest absolute Gasteiger partial charge is 0.454 e. The number of aryl methyl sites for hydroxylation is 1. The lowest BCUT2D eigenvalue weighted by Gasteiger charge is -2.13. The maximum Gasteiger partial charge on any atom is 0.263 e. The fourth-order valence-corrected chi connectivity index (χ4v) is 3.47. The lowest BCUT2D eigenvalue weighted by Crippen LogP contribution is -2.30. The minimum Gasteiger partial charge on any atom is -0.454 e. The van der Waals surface area contributed by atoms with E-state index < -0.39 is 5.91 Å². The molecule has 30 heavy (non-hydrogen) atoms. The summed E-state index contributed by atoms with van der Waals surface area (Å²) in [6.45, 7) is 2.20. The zero-order chi connectivity index (χ0) is 21.1. The number of rotatable bonds is 6. The molecular formula is C23H22N2O5. The highest BCUT2D eigenvalue weighted by Crippen LogP contribution is 2.32. The van der Waals surface area contributed by atoms with Crippen molar-refractivity contribution >= 4 is 11.6 Å². The third-order valence-electron chi connectivity index (χ3n) is 5.04. The first kappa shape index (κ1) is 19.7. The number of benzene rings is 2. The molecule has 7 heteroatoms. The molecule has 2 aromatic carbocycles. The summed E-state index contributed by atoms with van der Waals surface area (Å²) in [5, 5.41) is 12.1. The van der Waals surface area contributed by atoms with Gasteiger partial charge >= 0.3 is 0 Å². The summed E-state index contributed by atoms with van der Waals surface area (Å²) in [4.78, 5) is 26.0. The molecule has 0 fully saturated rings. The molecule has 1 aromatic heterocycles. The quantitative estimate of drug-likeness (QED) is 0.657. The van der Waals surface area contributed by atoms with Gasteiger partial charge in [-0.05, 0) is 54.3 Å². The number of para-hydroxylation sites is 1. The maximum atomic E-state index is 13.1. The van der Waals surface area contributed by atoms with Gasteiger partial charge in [-0.1, -0.05) is 24.3 Å². The van der Waals surface area contributed by atoms with E-state index in [-0.39, 0.29) is 24.5 Å². The molecule has 0 aliphatic carbocycles. The summed E-state index contributed by atoms with van der Waals surface area (Å²) in [5.41, 5.74) is 2.58. The molecule has 1 amide bonds. The van der Waals surface area contributed by atoms with E-state index in [1.165, 1.54) is 4.57 Å². The smallest absolute Gasteiger partial charge is 0.263 e. The van der Waals surface area contributed by atoms with Crippen LogP contribution in [0.5, 0.6) is 11.5 Å². The number of hydrogen-bond acceptors (Lipinski definition) is 5. The van der Waals surface area contributed by atoms with Crippen molar-refractivity contribution in [2.75, 3.05) is 18.7 Å². The van der Waals surface area contributed by atoms with Crippen LogP contribution in [-0.2, 0) is 13.0 Å². The van der Waals surface area contributed by atoms with Crippen molar-refractivity contribution in [3.8, 4) is 11.5 Å². The molecule has 0 unspecified atom stereocenters. The molecule has 0 radical (unpaired) electrons. The van der Waals surface area contributed by atoms with Crippen molar-refractivity contribution in [3.05, 3.63) is 87.3 Å². The van der Waals surface area contributed by atoms with Crippen molar-refractivity contribution in [1.82, 2.24) is 4.57 Å².